The highest BCUT2D eigenvalue weighted by Crippen LogP contribution is 2.28. The van der Waals surface area contributed by atoms with Gasteiger partial charge in [-0.2, -0.15) is 0 Å². The summed E-state index contributed by atoms with van der Waals surface area (Å²) >= 11 is 0. The monoisotopic (exact) mass is 274 g/mol. The molecule has 0 saturated heterocycles. The third-order valence-electron chi connectivity index (χ3n) is 3.97. The van der Waals surface area contributed by atoms with Gasteiger partial charge in [-0.25, -0.2) is 4.79 Å². The number of hydrogen-bond donors (Lipinski definition) is 1. The molecular formula is C16H18O4. The Labute approximate surface area is 117 Å². The number of fused-ring (bicyclic) bond motifs is 1. The smallest absolute Gasteiger partial charge is 0.372 e. The summed E-state index contributed by atoms with van der Waals surface area (Å²) in [6.45, 7) is 1.01. The highest BCUT2D eigenvalue weighted by Gasteiger charge is 2.21. The Morgan fingerprint density at radius 3 is 2.80 bits per heavy atom. The van der Waals surface area contributed by atoms with E-state index in [1.165, 1.54) is 25.7 Å². The third-order valence-corrected chi connectivity index (χ3v) is 3.97. The van der Waals surface area contributed by atoms with Crippen molar-refractivity contribution in [3.63, 3.8) is 0 Å². The number of hydrogen-bond acceptors (Lipinski definition) is 3. The summed E-state index contributed by atoms with van der Waals surface area (Å²) in [6, 6.07) is 7.37. The molecule has 0 unspecified atom stereocenters. The number of carboxylic acids is 1. The van der Waals surface area contributed by atoms with Crippen molar-refractivity contribution in [2.45, 2.75) is 32.3 Å². The van der Waals surface area contributed by atoms with E-state index in [2.05, 4.69) is 0 Å². The molecule has 106 valence electrons. The first-order valence-corrected chi connectivity index (χ1v) is 7.07. The van der Waals surface area contributed by atoms with E-state index in [-0.39, 0.29) is 5.76 Å². The first-order valence-electron chi connectivity index (χ1n) is 7.07. The topological polar surface area (TPSA) is 59.7 Å². The van der Waals surface area contributed by atoms with Crippen LogP contribution in [0, 0.1) is 5.92 Å². The van der Waals surface area contributed by atoms with E-state index in [9.17, 15) is 9.90 Å². The minimum absolute atomic E-state index is 0.00220. The maximum absolute atomic E-state index is 11.3. The van der Waals surface area contributed by atoms with Crippen molar-refractivity contribution < 1.29 is 19.1 Å². The van der Waals surface area contributed by atoms with E-state index in [1.807, 2.05) is 18.2 Å². The predicted molar refractivity (Wildman–Crippen MR) is 74.8 cm³/mol. The van der Waals surface area contributed by atoms with Crippen LogP contribution in [0.15, 0.2) is 28.7 Å². The highest BCUT2D eigenvalue weighted by atomic mass is 16.5. The SMILES string of the molecule is O=C(O)c1oc2ccccc2c1COCC1CCCC1. The molecule has 1 fully saturated rings. The fraction of sp³-hybridized carbons (Fsp3) is 0.438. The average Bonchev–Trinajstić information content (AvgIpc) is 3.07. The Morgan fingerprint density at radius 1 is 1.30 bits per heavy atom. The second-order valence-electron chi connectivity index (χ2n) is 5.38. The molecule has 20 heavy (non-hydrogen) atoms. The molecule has 1 heterocycles. The van der Waals surface area contributed by atoms with E-state index >= 15 is 0 Å². The van der Waals surface area contributed by atoms with Crippen molar-refractivity contribution in [1.29, 1.82) is 0 Å². The van der Waals surface area contributed by atoms with E-state index in [0.717, 1.165) is 5.39 Å². The summed E-state index contributed by atoms with van der Waals surface area (Å²) < 4.78 is 11.1. The van der Waals surface area contributed by atoms with Crippen LogP contribution in [0.5, 0.6) is 0 Å². The van der Waals surface area contributed by atoms with Gasteiger partial charge in [0.2, 0.25) is 5.76 Å². The highest BCUT2D eigenvalue weighted by molar-refractivity contribution is 5.94. The number of rotatable bonds is 5. The van der Waals surface area contributed by atoms with Gasteiger partial charge in [0.25, 0.3) is 0 Å². The lowest BCUT2D eigenvalue weighted by Crippen LogP contribution is -2.07. The van der Waals surface area contributed by atoms with E-state index in [1.54, 1.807) is 6.07 Å². The number of carbonyl (C=O) groups is 1. The number of benzene rings is 1. The van der Waals surface area contributed by atoms with Crippen molar-refractivity contribution >= 4 is 16.9 Å². The van der Waals surface area contributed by atoms with Crippen LogP contribution in [0.2, 0.25) is 0 Å². The van der Waals surface area contributed by atoms with Gasteiger partial charge in [0, 0.05) is 17.6 Å². The molecule has 1 saturated carbocycles. The Balaban J connectivity index is 1.78. The molecular weight excluding hydrogens is 256 g/mol. The Hall–Kier alpha value is -1.81. The summed E-state index contributed by atoms with van der Waals surface area (Å²) in [4.78, 5) is 11.3. The van der Waals surface area contributed by atoms with Crippen molar-refractivity contribution in [1.82, 2.24) is 0 Å². The van der Waals surface area contributed by atoms with Crippen molar-refractivity contribution in [2.24, 2.45) is 5.92 Å². The zero-order valence-electron chi connectivity index (χ0n) is 11.3. The molecule has 3 rings (SSSR count). The summed E-state index contributed by atoms with van der Waals surface area (Å²) in [6.07, 6.45) is 5.00. The molecule has 2 aromatic rings. The lowest BCUT2D eigenvalue weighted by Gasteiger charge is -2.09. The fourth-order valence-electron chi connectivity index (χ4n) is 2.92. The largest absolute Gasteiger partial charge is 0.475 e. The molecule has 0 bridgehead atoms. The van der Waals surface area contributed by atoms with Gasteiger partial charge in [-0.15, -0.1) is 0 Å². The number of aromatic carboxylic acids is 1. The first-order chi connectivity index (χ1) is 9.75. The van der Waals surface area contributed by atoms with Crippen molar-refractivity contribution in [2.75, 3.05) is 6.61 Å². The average molecular weight is 274 g/mol. The van der Waals surface area contributed by atoms with Crippen molar-refractivity contribution in [3.05, 3.63) is 35.6 Å². The van der Waals surface area contributed by atoms with Crippen LogP contribution in [-0.2, 0) is 11.3 Å². The van der Waals surface area contributed by atoms with E-state index in [4.69, 9.17) is 9.15 Å². The lowest BCUT2D eigenvalue weighted by atomic mass is 10.1. The van der Waals surface area contributed by atoms with Gasteiger partial charge in [0.05, 0.1) is 6.61 Å². The number of ether oxygens (including phenoxy) is 1. The minimum Gasteiger partial charge on any atom is -0.475 e. The molecule has 0 spiro atoms. The summed E-state index contributed by atoms with van der Waals surface area (Å²) in [5, 5.41) is 10.1. The number of furan rings is 1. The molecule has 1 aliphatic rings. The Kier molecular flexibility index (Phi) is 3.74. The van der Waals surface area contributed by atoms with Gasteiger partial charge in [-0.05, 0) is 24.8 Å². The Morgan fingerprint density at radius 2 is 2.05 bits per heavy atom. The molecule has 1 aromatic carbocycles. The lowest BCUT2D eigenvalue weighted by molar-refractivity contribution is 0.0641. The normalized spacial score (nSPS) is 16.0. The van der Waals surface area contributed by atoms with Gasteiger partial charge in [0.1, 0.15) is 5.58 Å². The van der Waals surface area contributed by atoms with Gasteiger partial charge in [-0.1, -0.05) is 31.0 Å². The molecule has 4 nitrogen and oxygen atoms in total. The van der Waals surface area contributed by atoms with Crippen LogP contribution < -0.4 is 0 Å². The summed E-state index contributed by atoms with van der Waals surface area (Å²) in [5.74, 6) is -0.417. The van der Waals surface area contributed by atoms with Gasteiger partial charge >= 0.3 is 5.97 Å². The summed E-state index contributed by atoms with van der Waals surface area (Å²) in [5.41, 5.74) is 1.25. The van der Waals surface area contributed by atoms with Crippen LogP contribution in [0.3, 0.4) is 0 Å². The molecule has 0 radical (unpaired) electrons. The molecule has 0 amide bonds. The van der Waals surface area contributed by atoms with E-state index in [0.29, 0.717) is 30.3 Å². The maximum Gasteiger partial charge on any atom is 0.372 e. The predicted octanol–water partition coefficient (Wildman–Crippen LogP) is 3.84. The number of para-hydroxylation sites is 1. The second-order valence-corrected chi connectivity index (χ2v) is 5.38. The number of carboxylic acid groups (broad SMARTS) is 1. The molecule has 0 atom stereocenters. The molecule has 4 heteroatoms. The zero-order valence-corrected chi connectivity index (χ0v) is 11.3. The molecule has 0 aliphatic heterocycles. The summed E-state index contributed by atoms with van der Waals surface area (Å²) in [7, 11) is 0. The van der Waals surface area contributed by atoms with Gasteiger partial charge in [-0.3, -0.25) is 0 Å². The van der Waals surface area contributed by atoms with Crippen LogP contribution in [0.4, 0.5) is 0 Å². The third kappa shape index (κ3) is 2.56. The molecule has 1 N–H and O–H groups in total. The fourth-order valence-corrected chi connectivity index (χ4v) is 2.92. The molecule has 1 aliphatic carbocycles. The zero-order chi connectivity index (χ0) is 13.9. The van der Waals surface area contributed by atoms with Crippen molar-refractivity contribution in [3.8, 4) is 0 Å². The minimum atomic E-state index is -1.04. The first kappa shape index (κ1) is 13.2. The van der Waals surface area contributed by atoms with Gasteiger partial charge in [0.15, 0.2) is 0 Å². The second kappa shape index (κ2) is 5.67. The van der Waals surface area contributed by atoms with Gasteiger partial charge < -0.3 is 14.3 Å². The van der Waals surface area contributed by atoms with E-state index < -0.39 is 5.97 Å². The van der Waals surface area contributed by atoms with Crippen LogP contribution in [0.1, 0.15) is 41.8 Å². The Bertz CT molecular complexity index is 608. The quantitative estimate of drug-likeness (QED) is 0.900. The molecule has 1 aromatic heterocycles. The standard InChI is InChI=1S/C16H18O4/c17-16(18)15-13(10-19-9-11-5-1-2-6-11)12-7-3-4-8-14(12)20-15/h3-4,7-8,11H,1-2,5-6,9-10H2,(H,17,18). The maximum atomic E-state index is 11.3. The van der Waals surface area contributed by atoms with Crippen LogP contribution >= 0.6 is 0 Å². The van der Waals surface area contributed by atoms with Crippen LogP contribution in [-0.4, -0.2) is 17.7 Å². The van der Waals surface area contributed by atoms with Crippen LogP contribution in [0.25, 0.3) is 11.0 Å².